The molecule has 1 rings (SSSR count). The highest BCUT2D eigenvalue weighted by atomic mass is 16.5. The molecule has 1 aliphatic rings. The van der Waals surface area contributed by atoms with Crippen LogP contribution in [-0.4, -0.2) is 56.2 Å². The number of hydrogen-bond donors (Lipinski definition) is 1. The van der Waals surface area contributed by atoms with Crippen molar-refractivity contribution >= 4 is 11.9 Å². The number of hydrogen-bond acceptors (Lipinski definition) is 5. The van der Waals surface area contributed by atoms with E-state index < -0.39 is 6.04 Å². The van der Waals surface area contributed by atoms with E-state index >= 15 is 0 Å². The van der Waals surface area contributed by atoms with Gasteiger partial charge in [0.2, 0.25) is 5.91 Å². The zero-order chi connectivity index (χ0) is 13.5. The van der Waals surface area contributed by atoms with Gasteiger partial charge in [-0.05, 0) is 19.8 Å². The lowest BCUT2D eigenvalue weighted by atomic mass is 9.97. The van der Waals surface area contributed by atoms with E-state index in [9.17, 15) is 9.59 Å². The lowest BCUT2D eigenvalue weighted by Gasteiger charge is -2.33. The molecule has 1 heterocycles. The second kappa shape index (κ2) is 7.33. The molecule has 1 amide bonds. The fraction of sp³-hybridized carbons (Fsp3) is 0.833. The van der Waals surface area contributed by atoms with Gasteiger partial charge in [0.15, 0.2) is 0 Å². The van der Waals surface area contributed by atoms with Gasteiger partial charge in [0.1, 0.15) is 6.04 Å². The molecule has 1 saturated heterocycles. The van der Waals surface area contributed by atoms with Crippen LogP contribution in [-0.2, 0) is 19.1 Å². The molecule has 0 saturated carbocycles. The van der Waals surface area contributed by atoms with Gasteiger partial charge < -0.3 is 20.1 Å². The molecule has 2 N–H and O–H groups in total. The van der Waals surface area contributed by atoms with Crippen molar-refractivity contribution in [2.24, 2.45) is 11.7 Å². The van der Waals surface area contributed by atoms with Crippen molar-refractivity contribution in [3.63, 3.8) is 0 Å². The molecular formula is C12H22N2O4. The fourth-order valence-electron chi connectivity index (χ4n) is 2.12. The Morgan fingerprint density at radius 1 is 1.50 bits per heavy atom. The molecular weight excluding hydrogens is 236 g/mol. The minimum Gasteiger partial charge on any atom is -0.466 e. The number of rotatable bonds is 5. The molecule has 6 nitrogen and oxygen atoms in total. The molecule has 1 fully saturated rings. The molecule has 2 unspecified atom stereocenters. The molecule has 0 aromatic carbocycles. The van der Waals surface area contributed by atoms with Crippen molar-refractivity contribution < 1.29 is 19.1 Å². The van der Waals surface area contributed by atoms with Gasteiger partial charge in [-0.2, -0.15) is 0 Å². The molecule has 0 bridgehead atoms. The summed E-state index contributed by atoms with van der Waals surface area (Å²) in [6, 6.07) is -0.657. The number of nitrogens with zero attached hydrogens (tertiary/aromatic N) is 1. The normalized spacial score (nSPS) is 21.5. The van der Waals surface area contributed by atoms with E-state index in [-0.39, 0.29) is 24.4 Å². The van der Waals surface area contributed by atoms with Crippen LogP contribution in [0.25, 0.3) is 0 Å². The number of carbonyl (C=O) groups excluding carboxylic acids is 2. The van der Waals surface area contributed by atoms with Crippen molar-refractivity contribution in [3.05, 3.63) is 0 Å². The van der Waals surface area contributed by atoms with E-state index in [1.165, 1.54) is 7.11 Å². The first-order chi connectivity index (χ1) is 8.60. The molecule has 1 aliphatic heterocycles. The lowest BCUT2D eigenvalue weighted by Crippen LogP contribution is -2.50. The smallest absolute Gasteiger partial charge is 0.310 e. The predicted octanol–water partition coefficient (Wildman–Crippen LogP) is -0.238. The highest BCUT2D eigenvalue weighted by Gasteiger charge is 2.31. The predicted molar refractivity (Wildman–Crippen MR) is 65.8 cm³/mol. The molecule has 0 spiro atoms. The molecule has 0 aromatic rings. The summed E-state index contributed by atoms with van der Waals surface area (Å²) in [4.78, 5) is 25.3. The van der Waals surface area contributed by atoms with Gasteiger partial charge in [-0.15, -0.1) is 0 Å². The van der Waals surface area contributed by atoms with Gasteiger partial charge in [-0.25, -0.2) is 0 Å². The van der Waals surface area contributed by atoms with Crippen molar-refractivity contribution in [1.29, 1.82) is 0 Å². The summed E-state index contributed by atoms with van der Waals surface area (Å²) in [5, 5.41) is 0. The second-order valence-corrected chi connectivity index (χ2v) is 4.44. The maximum absolute atomic E-state index is 12.0. The van der Waals surface area contributed by atoms with Crippen LogP contribution < -0.4 is 5.73 Å². The maximum atomic E-state index is 12.0. The maximum Gasteiger partial charge on any atom is 0.310 e. The number of methoxy groups -OCH3 is 1. The van der Waals surface area contributed by atoms with E-state index in [1.54, 1.807) is 11.8 Å². The highest BCUT2D eigenvalue weighted by molar-refractivity contribution is 5.83. The number of carbonyl (C=O) groups is 2. The molecule has 0 aromatic heterocycles. The minimum atomic E-state index is -0.657. The van der Waals surface area contributed by atoms with E-state index in [0.29, 0.717) is 19.7 Å². The summed E-state index contributed by atoms with van der Waals surface area (Å²) in [6.07, 6.45) is 1.57. The average Bonchev–Trinajstić information content (AvgIpc) is 2.38. The van der Waals surface area contributed by atoms with Crippen LogP contribution in [0, 0.1) is 5.92 Å². The number of likely N-dealkylation sites (tertiary alicyclic amines) is 1. The zero-order valence-electron chi connectivity index (χ0n) is 11.1. The number of nitrogens with two attached hydrogens (primary N) is 1. The summed E-state index contributed by atoms with van der Waals surface area (Å²) >= 11 is 0. The van der Waals surface area contributed by atoms with Crippen molar-refractivity contribution in [1.82, 2.24) is 4.90 Å². The van der Waals surface area contributed by atoms with Crippen LogP contribution in [0.2, 0.25) is 0 Å². The Kier molecular flexibility index (Phi) is 6.07. The quantitative estimate of drug-likeness (QED) is 0.688. The largest absolute Gasteiger partial charge is 0.466 e. The Morgan fingerprint density at radius 2 is 2.22 bits per heavy atom. The summed E-state index contributed by atoms with van der Waals surface area (Å²) in [5.41, 5.74) is 5.71. The third-order valence-electron chi connectivity index (χ3n) is 3.02. The van der Waals surface area contributed by atoms with Gasteiger partial charge in [0.25, 0.3) is 0 Å². The van der Waals surface area contributed by atoms with Gasteiger partial charge in [0.05, 0.1) is 19.1 Å². The summed E-state index contributed by atoms with van der Waals surface area (Å²) in [7, 11) is 1.50. The highest BCUT2D eigenvalue weighted by Crippen LogP contribution is 2.18. The van der Waals surface area contributed by atoms with Crippen molar-refractivity contribution in [2.45, 2.75) is 25.8 Å². The van der Waals surface area contributed by atoms with Gasteiger partial charge >= 0.3 is 5.97 Å². The molecule has 2 atom stereocenters. The molecule has 18 heavy (non-hydrogen) atoms. The first-order valence-electron chi connectivity index (χ1n) is 6.30. The van der Waals surface area contributed by atoms with Crippen LogP contribution in [0.1, 0.15) is 19.8 Å². The Bertz CT molecular complexity index is 296. The van der Waals surface area contributed by atoms with Gasteiger partial charge in [-0.1, -0.05) is 0 Å². The minimum absolute atomic E-state index is 0.161. The molecule has 0 aliphatic carbocycles. The number of piperidine rings is 1. The van der Waals surface area contributed by atoms with E-state index in [4.69, 9.17) is 15.2 Å². The van der Waals surface area contributed by atoms with Crippen LogP contribution in [0.4, 0.5) is 0 Å². The number of esters is 1. The Balaban J connectivity index is 2.52. The number of amides is 1. The first kappa shape index (κ1) is 14.9. The van der Waals surface area contributed by atoms with Crippen LogP contribution in [0.15, 0.2) is 0 Å². The van der Waals surface area contributed by atoms with Crippen LogP contribution in [0.3, 0.4) is 0 Å². The summed E-state index contributed by atoms with van der Waals surface area (Å²) in [6.45, 7) is 3.38. The third-order valence-corrected chi connectivity index (χ3v) is 3.02. The second-order valence-electron chi connectivity index (χ2n) is 4.44. The van der Waals surface area contributed by atoms with Crippen molar-refractivity contribution in [3.8, 4) is 0 Å². The molecule has 0 radical (unpaired) electrons. The fourth-order valence-corrected chi connectivity index (χ4v) is 2.12. The van der Waals surface area contributed by atoms with Crippen LogP contribution in [0.5, 0.6) is 0 Å². The SMILES string of the molecule is CCOC(=O)C1CCCN(C(=O)C(N)COC)C1. The third kappa shape index (κ3) is 3.96. The first-order valence-corrected chi connectivity index (χ1v) is 6.30. The standard InChI is InChI=1S/C12H22N2O4/c1-3-18-12(16)9-5-4-6-14(7-9)11(15)10(13)8-17-2/h9-10H,3-8,13H2,1-2H3. The lowest BCUT2D eigenvalue weighted by molar-refractivity contribution is -0.151. The van der Waals surface area contributed by atoms with E-state index in [1.807, 2.05) is 0 Å². The van der Waals surface area contributed by atoms with Gasteiger partial charge in [0, 0.05) is 20.2 Å². The Morgan fingerprint density at radius 3 is 2.83 bits per heavy atom. The van der Waals surface area contributed by atoms with E-state index in [2.05, 4.69) is 0 Å². The Hall–Kier alpha value is -1.14. The topological polar surface area (TPSA) is 81.9 Å². The molecule has 6 heteroatoms. The Labute approximate surface area is 107 Å². The monoisotopic (exact) mass is 258 g/mol. The van der Waals surface area contributed by atoms with Gasteiger partial charge in [-0.3, -0.25) is 9.59 Å². The summed E-state index contributed by atoms with van der Waals surface area (Å²) < 4.78 is 9.85. The number of ether oxygens (including phenoxy) is 2. The zero-order valence-corrected chi connectivity index (χ0v) is 11.1. The van der Waals surface area contributed by atoms with E-state index in [0.717, 1.165) is 12.8 Å². The van der Waals surface area contributed by atoms with Crippen LogP contribution >= 0.6 is 0 Å². The van der Waals surface area contributed by atoms with Crippen molar-refractivity contribution in [2.75, 3.05) is 33.4 Å². The average molecular weight is 258 g/mol. The molecule has 104 valence electrons. The summed E-state index contributed by atoms with van der Waals surface area (Å²) in [5.74, 6) is -0.612.